The average molecular weight is 368 g/mol. The van der Waals surface area contributed by atoms with Gasteiger partial charge < -0.3 is 15.4 Å². The lowest BCUT2D eigenvalue weighted by molar-refractivity contribution is 0.242. The normalized spacial score (nSPS) is 11.0. The SMILES string of the molecule is Cc1cnc(C(C)(C)NC(=O)Nc2ccnc(Oc3ccccc3)c2)s1. The van der Waals surface area contributed by atoms with Crippen LogP contribution in [0.5, 0.6) is 11.6 Å². The van der Waals surface area contributed by atoms with Crippen LogP contribution in [0.25, 0.3) is 0 Å². The number of urea groups is 1. The summed E-state index contributed by atoms with van der Waals surface area (Å²) < 4.78 is 5.68. The molecule has 2 amide bonds. The molecular formula is C19H20N4O2S. The molecule has 0 spiro atoms. The van der Waals surface area contributed by atoms with E-state index in [-0.39, 0.29) is 6.03 Å². The lowest BCUT2D eigenvalue weighted by atomic mass is 10.1. The molecule has 0 saturated heterocycles. The van der Waals surface area contributed by atoms with Crippen LogP contribution in [-0.4, -0.2) is 16.0 Å². The first-order chi connectivity index (χ1) is 12.4. The minimum Gasteiger partial charge on any atom is -0.439 e. The number of carbonyl (C=O) groups is 1. The van der Waals surface area contributed by atoms with Gasteiger partial charge in [0.05, 0.1) is 5.54 Å². The summed E-state index contributed by atoms with van der Waals surface area (Å²) in [6.07, 6.45) is 3.39. The Labute approximate surface area is 156 Å². The second-order valence-electron chi connectivity index (χ2n) is 6.28. The standard InChI is InChI=1S/C19H20N4O2S/c1-13-12-21-17(26-13)19(2,3)23-18(24)22-14-9-10-20-16(11-14)25-15-7-5-4-6-8-15/h4-12H,1-3H3,(H2,20,22,23,24). The third kappa shape index (κ3) is 4.58. The summed E-state index contributed by atoms with van der Waals surface area (Å²) in [5.41, 5.74) is 0.0221. The molecule has 0 aliphatic carbocycles. The van der Waals surface area contributed by atoms with Crippen LogP contribution in [0.2, 0.25) is 0 Å². The van der Waals surface area contributed by atoms with Crippen LogP contribution >= 0.6 is 11.3 Å². The molecule has 2 aromatic heterocycles. The monoisotopic (exact) mass is 368 g/mol. The summed E-state index contributed by atoms with van der Waals surface area (Å²) in [6.45, 7) is 5.82. The van der Waals surface area contributed by atoms with E-state index >= 15 is 0 Å². The summed E-state index contributed by atoms with van der Waals surface area (Å²) in [5.74, 6) is 1.09. The van der Waals surface area contributed by atoms with E-state index < -0.39 is 5.54 Å². The third-order valence-corrected chi connectivity index (χ3v) is 4.78. The number of ether oxygens (including phenoxy) is 1. The highest BCUT2D eigenvalue weighted by atomic mass is 32.1. The molecule has 0 radical (unpaired) electrons. The Morgan fingerprint density at radius 1 is 1.15 bits per heavy atom. The maximum absolute atomic E-state index is 12.4. The molecule has 3 rings (SSSR count). The molecule has 0 unspecified atom stereocenters. The van der Waals surface area contributed by atoms with Crippen LogP contribution in [-0.2, 0) is 5.54 Å². The van der Waals surface area contributed by atoms with E-state index in [1.807, 2.05) is 51.1 Å². The summed E-state index contributed by atoms with van der Waals surface area (Å²) in [6, 6.07) is 12.4. The summed E-state index contributed by atoms with van der Waals surface area (Å²) >= 11 is 1.56. The molecule has 7 heteroatoms. The number of hydrogen-bond acceptors (Lipinski definition) is 5. The molecule has 1 aromatic carbocycles. The van der Waals surface area contributed by atoms with Gasteiger partial charge in [-0.1, -0.05) is 18.2 Å². The largest absolute Gasteiger partial charge is 0.439 e. The van der Waals surface area contributed by atoms with Crippen LogP contribution in [0.3, 0.4) is 0 Å². The first-order valence-corrected chi connectivity index (χ1v) is 8.95. The number of pyridine rings is 1. The zero-order chi connectivity index (χ0) is 18.6. The number of para-hydroxylation sites is 1. The van der Waals surface area contributed by atoms with Gasteiger partial charge in [-0.3, -0.25) is 0 Å². The Balaban J connectivity index is 1.65. The van der Waals surface area contributed by atoms with E-state index in [2.05, 4.69) is 20.6 Å². The first kappa shape index (κ1) is 17.9. The Morgan fingerprint density at radius 2 is 1.92 bits per heavy atom. The van der Waals surface area contributed by atoms with Crippen LogP contribution in [0.1, 0.15) is 23.7 Å². The topological polar surface area (TPSA) is 76.1 Å². The number of anilines is 1. The minimum absolute atomic E-state index is 0.320. The van der Waals surface area contributed by atoms with Crippen LogP contribution in [0.4, 0.5) is 10.5 Å². The van der Waals surface area contributed by atoms with Crippen molar-refractivity contribution in [3.63, 3.8) is 0 Å². The number of amides is 2. The van der Waals surface area contributed by atoms with Crippen molar-refractivity contribution in [2.24, 2.45) is 0 Å². The second kappa shape index (κ2) is 7.53. The van der Waals surface area contributed by atoms with Crippen molar-refractivity contribution in [1.29, 1.82) is 0 Å². The van der Waals surface area contributed by atoms with Crippen molar-refractivity contribution in [1.82, 2.24) is 15.3 Å². The predicted molar refractivity (Wildman–Crippen MR) is 103 cm³/mol. The fraction of sp³-hybridized carbons (Fsp3) is 0.211. The van der Waals surface area contributed by atoms with Crippen molar-refractivity contribution in [2.75, 3.05) is 5.32 Å². The van der Waals surface area contributed by atoms with Gasteiger partial charge in [0.1, 0.15) is 10.8 Å². The molecule has 3 aromatic rings. The maximum atomic E-state index is 12.4. The number of rotatable bonds is 5. The Kier molecular flexibility index (Phi) is 5.18. The molecular weight excluding hydrogens is 348 g/mol. The van der Waals surface area contributed by atoms with Crippen molar-refractivity contribution in [3.05, 3.63) is 64.7 Å². The highest BCUT2D eigenvalue weighted by Gasteiger charge is 2.26. The van der Waals surface area contributed by atoms with Gasteiger partial charge in [-0.2, -0.15) is 0 Å². The Morgan fingerprint density at radius 3 is 2.62 bits per heavy atom. The molecule has 26 heavy (non-hydrogen) atoms. The van der Waals surface area contributed by atoms with E-state index in [0.29, 0.717) is 17.3 Å². The Hall–Kier alpha value is -2.93. The second-order valence-corrected chi connectivity index (χ2v) is 7.51. The fourth-order valence-corrected chi connectivity index (χ4v) is 3.12. The van der Waals surface area contributed by atoms with Crippen LogP contribution < -0.4 is 15.4 Å². The summed E-state index contributed by atoms with van der Waals surface area (Å²) in [7, 11) is 0. The number of nitrogens with zero attached hydrogens (tertiary/aromatic N) is 2. The molecule has 2 N–H and O–H groups in total. The van der Waals surface area contributed by atoms with Crippen molar-refractivity contribution < 1.29 is 9.53 Å². The molecule has 6 nitrogen and oxygen atoms in total. The maximum Gasteiger partial charge on any atom is 0.320 e. The number of thiazole rings is 1. The van der Waals surface area contributed by atoms with Gasteiger partial charge >= 0.3 is 6.03 Å². The molecule has 0 fully saturated rings. The summed E-state index contributed by atoms with van der Waals surface area (Å²) in [5, 5.41) is 6.60. The predicted octanol–water partition coefficient (Wildman–Crippen LogP) is 4.70. The molecule has 0 bridgehead atoms. The highest BCUT2D eigenvalue weighted by molar-refractivity contribution is 7.11. The number of hydrogen-bond donors (Lipinski definition) is 2. The first-order valence-electron chi connectivity index (χ1n) is 8.13. The van der Waals surface area contributed by atoms with Gasteiger partial charge in [0.2, 0.25) is 5.88 Å². The van der Waals surface area contributed by atoms with Crippen molar-refractivity contribution in [2.45, 2.75) is 26.3 Å². The Bertz CT molecular complexity index is 893. The van der Waals surface area contributed by atoms with E-state index in [9.17, 15) is 4.79 Å². The molecule has 0 atom stereocenters. The number of aryl methyl sites for hydroxylation is 1. The number of aromatic nitrogens is 2. The average Bonchev–Trinajstić information content (AvgIpc) is 3.03. The van der Waals surface area contributed by atoms with Gasteiger partial charge in [-0.05, 0) is 39.0 Å². The zero-order valence-electron chi connectivity index (χ0n) is 14.8. The lowest BCUT2D eigenvalue weighted by Crippen LogP contribution is -2.43. The van der Waals surface area contributed by atoms with Crippen molar-refractivity contribution >= 4 is 23.1 Å². The van der Waals surface area contributed by atoms with Gasteiger partial charge in [0, 0.05) is 29.0 Å². The van der Waals surface area contributed by atoms with Crippen LogP contribution in [0.15, 0.2) is 54.9 Å². The molecule has 0 saturated carbocycles. The lowest BCUT2D eigenvalue weighted by Gasteiger charge is -2.24. The van der Waals surface area contributed by atoms with Gasteiger partial charge in [-0.25, -0.2) is 14.8 Å². The van der Waals surface area contributed by atoms with E-state index in [1.165, 1.54) is 0 Å². The number of nitrogens with one attached hydrogen (secondary N) is 2. The van der Waals surface area contributed by atoms with Gasteiger partial charge in [0.15, 0.2) is 0 Å². The van der Waals surface area contributed by atoms with Crippen molar-refractivity contribution in [3.8, 4) is 11.6 Å². The third-order valence-electron chi connectivity index (χ3n) is 3.54. The van der Waals surface area contributed by atoms with E-state index in [4.69, 9.17) is 4.74 Å². The zero-order valence-corrected chi connectivity index (χ0v) is 15.6. The fourth-order valence-electron chi connectivity index (χ4n) is 2.30. The summed E-state index contributed by atoms with van der Waals surface area (Å²) in [4.78, 5) is 22.0. The van der Waals surface area contributed by atoms with Gasteiger partial charge in [-0.15, -0.1) is 11.3 Å². The van der Waals surface area contributed by atoms with E-state index in [0.717, 1.165) is 9.88 Å². The number of carbonyl (C=O) groups excluding carboxylic acids is 1. The molecule has 0 aliphatic rings. The van der Waals surface area contributed by atoms with Gasteiger partial charge in [0.25, 0.3) is 0 Å². The highest BCUT2D eigenvalue weighted by Crippen LogP contribution is 2.25. The smallest absolute Gasteiger partial charge is 0.320 e. The van der Waals surface area contributed by atoms with E-state index in [1.54, 1.807) is 35.9 Å². The molecule has 2 heterocycles. The van der Waals surface area contributed by atoms with Crippen LogP contribution in [0, 0.1) is 6.92 Å². The quantitative estimate of drug-likeness (QED) is 0.685. The molecule has 134 valence electrons. The minimum atomic E-state index is -0.570. The number of benzene rings is 1. The molecule has 0 aliphatic heterocycles.